The topological polar surface area (TPSA) is 85.1 Å². The van der Waals surface area contributed by atoms with Gasteiger partial charge in [-0.3, -0.25) is 0 Å². The van der Waals surface area contributed by atoms with Crippen molar-refractivity contribution in [3.8, 4) is 0 Å². The highest BCUT2D eigenvalue weighted by atomic mass is 35.5. The average Bonchev–Trinajstić information content (AvgIpc) is 3.17. The van der Waals surface area contributed by atoms with E-state index in [1.165, 1.54) is 0 Å². The molecule has 2 aliphatic rings. The largest absolute Gasteiger partial charge is 0.393 e. The van der Waals surface area contributed by atoms with Gasteiger partial charge in [-0.1, -0.05) is 11.6 Å². The minimum absolute atomic E-state index is 0.140. The maximum atomic E-state index is 10.4. The summed E-state index contributed by atoms with van der Waals surface area (Å²) in [6.45, 7) is 2.64. The van der Waals surface area contributed by atoms with Crippen LogP contribution in [-0.4, -0.2) is 44.1 Å². The van der Waals surface area contributed by atoms with Gasteiger partial charge in [0.05, 0.1) is 17.7 Å². The van der Waals surface area contributed by atoms with Gasteiger partial charge in [-0.2, -0.15) is 0 Å². The molecule has 0 amide bonds. The van der Waals surface area contributed by atoms with E-state index in [4.69, 9.17) is 16.3 Å². The van der Waals surface area contributed by atoms with Gasteiger partial charge >= 0.3 is 0 Å². The Morgan fingerprint density at radius 1 is 1.38 bits per heavy atom. The first-order chi connectivity index (χ1) is 11.7. The number of rotatable bonds is 4. The number of anilines is 1. The second kappa shape index (κ2) is 6.66. The number of nitrogens with one attached hydrogen (secondary N) is 1. The average molecular weight is 350 g/mol. The highest BCUT2D eigenvalue weighted by Gasteiger charge is 2.37. The molecule has 2 aromatic heterocycles. The lowest BCUT2D eigenvalue weighted by atomic mass is 10.0. The number of aromatic nitrogens is 4. The van der Waals surface area contributed by atoms with Crippen LogP contribution in [-0.2, 0) is 17.9 Å². The number of pyridine rings is 1. The first-order valence-corrected chi connectivity index (χ1v) is 8.62. The van der Waals surface area contributed by atoms with Crippen LogP contribution < -0.4 is 5.32 Å². The summed E-state index contributed by atoms with van der Waals surface area (Å²) >= 11 is 6.11. The second-order valence-electron chi connectivity index (χ2n) is 6.39. The molecule has 0 unspecified atom stereocenters. The number of halogens is 1. The molecule has 1 saturated carbocycles. The van der Waals surface area contributed by atoms with Crippen molar-refractivity contribution in [3.05, 3.63) is 35.0 Å². The molecule has 0 aromatic carbocycles. The first-order valence-electron chi connectivity index (χ1n) is 8.24. The van der Waals surface area contributed by atoms with Crippen LogP contribution in [0.3, 0.4) is 0 Å². The molecule has 0 bridgehead atoms. The number of hydrogen-bond donors (Lipinski definition) is 2. The van der Waals surface area contributed by atoms with Crippen LogP contribution in [0.4, 0.5) is 5.82 Å². The lowest BCUT2D eigenvalue weighted by molar-refractivity contribution is 0.0801. The van der Waals surface area contributed by atoms with Crippen LogP contribution in [0.2, 0.25) is 5.02 Å². The van der Waals surface area contributed by atoms with Crippen LogP contribution in [0.5, 0.6) is 0 Å². The zero-order valence-electron chi connectivity index (χ0n) is 13.2. The Kier molecular flexibility index (Phi) is 4.39. The molecule has 24 heavy (non-hydrogen) atoms. The first kappa shape index (κ1) is 15.8. The molecule has 128 valence electrons. The summed E-state index contributed by atoms with van der Waals surface area (Å²) in [5, 5.41) is 22.8. The Balaban J connectivity index is 1.43. The number of aliphatic hydroxyl groups is 1. The normalized spacial score (nSPS) is 26.3. The quantitative estimate of drug-likeness (QED) is 0.875. The molecule has 0 radical (unpaired) electrons. The summed E-state index contributed by atoms with van der Waals surface area (Å²) in [4.78, 5) is 4.23. The van der Waals surface area contributed by atoms with E-state index in [-0.39, 0.29) is 17.9 Å². The third-order valence-electron chi connectivity index (χ3n) is 4.86. The van der Waals surface area contributed by atoms with Gasteiger partial charge in [0.15, 0.2) is 5.82 Å². The van der Waals surface area contributed by atoms with E-state index in [1.54, 1.807) is 18.3 Å². The van der Waals surface area contributed by atoms with Crippen molar-refractivity contribution in [2.24, 2.45) is 5.92 Å². The predicted molar refractivity (Wildman–Crippen MR) is 88.9 cm³/mol. The monoisotopic (exact) mass is 349 g/mol. The minimum Gasteiger partial charge on any atom is -0.393 e. The zero-order valence-corrected chi connectivity index (χ0v) is 14.0. The number of nitrogens with zero attached hydrogens (tertiary/aromatic N) is 4. The summed E-state index contributed by atoms with van der Waals surface area (Å²) in [7, 11) is 0. The van der Waals surface area contributed by atoms with Crippen LogP contribution in [0.25, 0.3) is 0 Å². The maximum absolute atomic E-state index is 10.4. The van der Waals surface area contributed by atoms with Gasteiger partial charge in [-0.15, -0.1) is 10.2 Å². The number of fused-ring (bicyclic) bond motifs is 1. The number of ether oxygens (including phenoxy) is 1. The highest BCUT2D eigenvalue weighted by molar-refractivity contribution is 6.32. The lowest BCUT2D eigenvalue weighted by Gasteiger charge is -2.18. The van der Waals surface area contributed by atoms with Crippen molar-refractivity contribution in [1.29, 1.82) is 0 Å². The molecular formula is C16H20ClN5O2. The number of hydrogen-bond acceptors (Lipinski definition) is 6. The van der Waals surface area contributed by atoms with Crippen molar-refractivity contribution < 1.29 is 9.84 Å². The summed E-state index contributed by atoms with van der Waals surface area (Å²) in [5.41, 5.74) is 0. The fourth-order valence-electron chi connectivity index (χ4n) is 3.60. The molecule has 8 heteroatoms. The van der Waals surface area contributed by atoms with Crippen molar-refractivity contribution in [3.63, 3.8) is 0 Å². The van der Waals surface area contributed by atoms with E-state index in [2.05, 4.69) is 25.1 Å². The molecule has 3 heterocycles. The van der Waals surface area contributed by atoms with E-state index in [1.807, 2.05) is 0 Å². The fraction of sp³-hybridized carbons (Fsp3) is 0.562. The fourth-order valence-corrected chi connectivity index (χ4v) is 3.79. The van der Waals surface area contributed by atoms with Gasteiger partial charge in [0, 0.05) is 31.1 Å². The second-order valence-corrected chi connectivity index (χ2v) is 6.80. The molecule has 7 nitrogen and oxygen atoms in total. The summed E-state index contributed by atoms with van der Waals surface area (Å²) in [6, 6.07) is 3.60. The molecule has 3 atom stereocenters. The molecule has 2 N–H and O–H groups in total. The van der Waals surface area contributed by atoms with E-state index in [0.717, 1.165) is 24.6 Å². The van der Waals surface area contributed by atoms with E-state index in [0.29, 0.717) is 37.0 Å². The van der Waals surface area contributed by atoms with Gasteiger partial charge in [0.1, 0.15) is 18.2 Å². The van der Waals surface area contributed by atoms with Crippen molar-refractivity contribution >= 4 is 17.4 Å². The summed E-state index contributed by atoms with van der Waals surface area (Å²) in [6.07, 6.45) is 2.92. The molecule has 1 fully saturated rings. The maximum Gasteiger partial charge on any atom is 0.159 e. The Labute approximate surface area is 145 Å². The van der Waals surface area contributed by atoms with Crippen molar-refractivity contribution in [2.75, 3.05) is 18.5 Å². The van der Waals surface area contributed by atoms with Gasteiger partial charge in [0.25, 0.3) is 0 Å². The minimum atomic E-state index is -0.363. The molecule has 0 spiro atoms. The summed E-state index contributed by atoms with van der Waals surface area (Å²) < 4.78 is 7.56. The van der Waals surface area contributed by atoms with E-state index in [9.17, 15) is 5.11 Å². The van der Waals surface area contributed by atoms with Crippen molar-refractivity contribution in [2.45, 2.75) is 38.0 Å². The Morgan fingerprint density at radius 2 is 2.29 bits per heavy atom. The smallest absolute Gasteiger partial charge is 0.159 e. The molecule has 4 rings (SSSR count). The Hall–Kier alpha value is -1.70. The van der Waals surface area contributed by atoms with Crippen LogP contribution in [0, 0.1) is 5.92 Å². The van der Waals surface area contributed by atoms with E-state index >= 15 is 0 Å². The zero-order chi connectivity index (χ0) is 16.5. The molecule has 0 saturated heterocycles. The Bertz CT molecular complexity index is 722. The van der Waals surface area contributed by atoms with Crippen LogP contribution in [0.1, 0.15) is 30.4 Å². The third kappa shape index (κ3) is 2.99. The van der Waals surface area contributed by atoms with Gasteiger partial charge in [-0.25, -0.2) is 4.98 Å². The molecular weight excluding hydrogens is 330 g/mol. The number of aliphatic hydroxyl groups excluding tert-OH is 1. The highest BCUT2D eigenvalue weighted by Crippen LogP contribution is 2.38. The summed E-state index contributed by atoms with van der Waals surface area (Å²) in [5.74, 6) is 2.89. The van der Waals surface area contributed by atoms with Crippen LogP contribution in [0.15, 0.2) is 18.3 Å². The lowest BCUT2D eigenvalue weighted by Crippen LogP contribution is -2.22. The Morgan fingerprint density at radius 3 is 3.17 bits per heavy atom. The third-order valence-corrected chi connectivity index (χ3v) is 5.16. The molecule has 1 aliphatic heterocycles. The van der Waals surface area contributed by atoms with Gasteiger partial charge < -0.3 is 19.7 Å². The van der Waals surface area contributed by atoms with Gasteiger partial charge in [0.2, 0.25) is 0 Å². The standard InChI is InChI=1S/C16H20ClN5O2/c17-12-2-1-3-18-15(12)19-8-11-6-10(7-13(11)23)16-21-20-14-9-24-5-4-22(14)16/h1-3,10-11,13,23H,4-9H2,(H,18,19)/t10-,11+,13+/m0/s1. The van der Waals surface area contributed by atoms with Crippen molar-refractivity contribution in [1.82, 2.24) is 19.7 Å². The molecule has 2 aromatic rings. The van der Waals surface area contributed by atoms with Crippen LogP contribution >= 0.6 is 11.6 Å². The SMILES string of the molecule is O[C@@H]1C[C@@H](c2nnc3n2CCOC3)C[C@@H]1CNc1ncccc1Cl. The van der Waals surface area contributed by atoms with Gasteiger partial charge in [-0.05, 0) is 25.0 Å². The molecule has 1 aliphatic carbocycles. The van der Waals surface area contributed by atoms with E-state index < -0.39 is 0 Å². The predicted octanol–water partition coefficient (Wildman–Crippen LogP) is 1.82.